The van der Waals surface area contributed by atoms with Gasteiger partial charge in [0, 0.05) is 5.41 Å². The van der Waals surface area contributed by atoms with Gasteiger partial charge in [0.25, 0.3) is 0 Å². The number of benzene rings is 2. The Morgan fingerprint density at radius 3 is 2.24 bits per heavy atom. The summed E-state index contributed by atoms with van der Waals surface area (Å²) in [6, 6.07) is 14.8. The van der Waals surface area contributed by atoms with Crippen LogP contribution in [0, 0.1) is 5.41 Å². The Balaban J connectivity index is 2.29. The lowest BCUT2D eigenvalue weighted by atomic mass is 9.58. The number of hydrogen-bond acceptors (Lipinski definition) is 3. The van der Waals surface area contributed by atoms with Gasteiger partial charge in [-0.3, -0.25) is 9.59 Å². The normalized spacial score (nSPS) is 21.2. The largest absolute Gasteiger partial charge is 0.497 e. The second-order valence-corrected chi connectivity index (χ2v) is 6.77. The number of carboxylic acids is 2. The number of aliphatic carboxylic acids is 2. The fourth-order valence-electron chi connectivity index (χ4n) is 3.89. The highest BCUT2D eigenvalue weighted by molar-refractivity contribution is 5.99. The Labute approximate surface area is 145 Å². The number of ether oxygens (including phenoxy) is 1. The lowest BCUT2D eigenvalue weighted by Gasteiger charge is -2.43. The molecule has 0 saturated carbocycles. The molecule has 25 heavy (non-hydrogen) atoms. The molecule has 0 fully saturated rings. The summed E-state index contributed by atoms with van der Waals surface area (Å²) >= 11 is 0. The van der Waals surface area contributed by atoms with Crippen molar-refractivity contribution >= 4 is 11.9 Å². The minimum Gasteiger partial charge on any atom is -0.497 e. The van der Waals surface area contributed by atoms with Crippen molar-refractivity contribution in [3.8, 4) is 5.75 Å². The van der Waals surface area contributed by atoms with Gasteiger partial charge in [0.1, 0.15) is 5.75 Å². The molecule has 130 valence electrons. The van der Waals surface area contributed by atoms with E-state index in [2.05, 4.69) is 0 Å². The monoisotopic (exact) mass is 340 g/mol. The molecule has 1 atom stereocenters. The van der Waals surface area contributed by atoms with Crippen molar-refractivity contribution in [2.75, 3.05) is 7.11 Å². The Bertz CT molecular complexity index is 813. The van der Waals surface area contributed by atoms with Crippen LogP contribution >= 0.6 is 0 Å². The molecule has 0 bridgehead atoms. The van der Waals surface area contributed by atoms with Crippen LogP contribution in [0.25, 0.3) is 0 Å². The van der Waals surface area contributed by atoms with E-state index in [0.29, 0.717) is 5.75 Å². The number of fused-ring (bicyclic) bond motifs is 1. The molecule has 5 heteroatoms. The molecule has 5 nitrogen and oxygen atoms in total. The highest BCUT2D eigenvalue weighted by Gasteiger charge is 2.55. The Kier molecular flexibility index (Phi) is 4.03. The van der Waals surface area contributed by atoms with Crippen molar-refractivity contribution in [1.82, 2.24) is 0 Å². The van der Waals surface area contributed by atoms with E-state index in [9.17, 15) is 19.8 Å². The van der Waals surface area contributed by atoms with Gasteiger partial charge in [-0.15, -0.1) is 0 Å². The number of carbonyl (C=O) groups is 2. The fraction of sp³-hybridized carbons (Fsp3) is 0.300. The zero-order valence-electron chi connectivity index (χ0n) is 14.2. The summed E-state index contributed by atoms with van der Waals surface area (Å²) in [4.78, 5) is 23.9. The minimum atomic E-state index is -1.85. The molecular formula is C20H20O5. The quantitative estimate of drug-likeness (QED) is 0.836. The van der Waals surface area contributed by atoms with E-state index in [-0.39, 0.29) is 12.8 Å². The maximum absolute atomic E-state index is 12.0. The lowest BCUT2D eigenvalue weighted by Crippen LogP contribution is -2.50. The second-order valence-electron chi connectivity index (χ2n) is 6.77. The van der Waals surface area contributed by atoms with Gasteiger partial charge in [-0.2, -0.15) is 0 Å². The average molecular weight is 340 g/mol. The van der Waals surface area contributed by atoms with Gasteiger partial charge >= 0.3 is 11.9 Å². The summed E-state index contributed by atoms with van der Waals surface area (Å²) in [5.41, 5.74) is -0.0812. The van der Waals surface area contributed by atoms with Gasteiger partial charge in [-0.25, -0.2) is 0 Å². The van der Waals surface area contributed by atoms with Crippen molar-refractivity contribution in [2.45, 2.75) is 25.2 Å². The first-order chi connectivity index (χ1) is 11.8. The molecule has 2 aromatic carbocycles. The van der Waals surface area contributed by atoms with Gasteiger partial charge < -0.3 is 14.9 Å². The average Bonchev–Trinajstić information content (AvgIpc) is 2.61. The molecule has 0 amide bonds. The summed E-state index contributed by atoms with van der Waals surface area (Å²) in [6.07, 6.45) is -0.0612. The topological polar surface area (TPSA) is 83.8 Å². The highest BCUT2D eigenvalue weighted by atomic mass is 16.5. The molecule has 0 heterocycles. The van der Waals surface area contributed by atoms with Gasteiger partial charge in [0.15, 0.2) is 5.41 Å². The van der Waals surface area contributed by atoms with E-state index in [1.165, 1.54) is 0 Å². The summed E-state index contributed by atoms with van der Waals surface area (Å²) in [5.74, 6) is -1.94. The molecular weight excluding hydrogens is 320 g/mol. The Hall–Kier alpha value is -2.82. The predicted octanol–water partition coefficient (Wildman–Crippen LogP) is 3.10. The first-order valence-electron chi connectivity index (χ1n) is 8.03. The molecule has 3 rings (SSSR count). The van der Waals surface area contributed by atoms with E-state index in [1.54, 1.807) is 19.2 Å². The molecule has 1 aliphatic carbocycles. The molecule has 0 radical (unpaired) electrons. The van der Waals surface area contributed by atoms with Crippen molar-refractivity contribution < 1.29 is 24.5 Å². The van der Waals surface area contributed by atoms with Crippen LogP contribution in [0.5, 0.6) is 5.75 Å². The standard InChI is InChI=1S/C20H20O5/c1-19(14-6-4-3-5-7-14)12-20(17(21)22,18(23)24)11-13-8-9-15(25-2)10-16(13)19/h3-10H,11-12H2,1-2H3,(H,21,22)(H,23,24)/t19-/m1/s1. The van der Waals surface area contributed by atoms with E-state index >= 15 is 0 Å². The first-order valence-corrected chi connectivity index (χ1v) is 8.03. The maximum atomic E-state index is 12.0. The van der Waals surface area contributed by atoms with Crippen LogP contribution in [-0.4, -0.2) is 29.3 Å². The van der Waals surface area contributed by atoms with Crippen LogP contribution in [0.2, 0.25) is 0 Å². The van der Waals surface area contributed by atoms with Gasteiger partial charge in [-0.05, 0) is 41.7 Å². The van der Waals surface area contributed by atoms with E-state index < -0.39 is 22.8 Å². The minimum absolute atomic E-state index is 0.0190. The second kappa shape index (κ2) is 5.92. The molecule has 0 aromatic heterocycles. The van der Waals surface area contributed by atoms with Crippen LogP contribution in [0.15, 0.2) is 48.5 Å². The van der Waals surface area contributed by atoms with Gasteiger partial charge in [-0.1, -0.05) is 43.3 Å². The van der Waals surface area contributed by atoms with Crippen molar-refractivity contribution in [3.05, 3.63) is 65.2 Å². The zero-order valence-corrected chi connectivity index (χ0v) is 14.2. The van der Waals surface area contributed by atoms with Crippen molar-refractivity contribution in [1.29, 1.82) is 0 Å². The number of rotatable bonds is 4. The summed E-state index contributed by atoms with van der Waals surface area (Å²) < 4.78 is 5.32. The molecule has 0 spiro atoms. The number of hydrogen-bond donors (Lipinski definition) is 2. The molecule has 0 unspecified atom stereocenters. The molecule has 1 aliphatic rings. The maximum Gasteiger partial charge on any atom is 0.321 e. The predicted molar refractivity (Wildman–Crippen MR) is 91.9 cm³/mol. The van der Waals surface area contributed by atoms with E-state index in [0.717, 1.165) is 16.7 Å². The first kappa shape index (κ1) is 17.0. The summed E-state index contributed by atoms with van der Waals surface area (Å²) in [7, 11) is 1.57. The SMILES string of the molecule is COc1ccc2c(c1)[C@@](C)(c1ccccc1)CC(C(=O)O)(C(=O)O)C2. The number of methoxy groups -OCH3 is 1. The lowest BCUT2D eigenvalue weighted by molar-refractivity contribution is -0.166. The van der Waals surface area contributed by atoms with Gasteiger partial charge in [0.05, 0.1) is 7.11 Å². The fourth-order valence-corrected chi connectivity index (χ4v) is 3.89. The van der Waals surface area contributed by atoms with Crippen LogP contribution in [0.1, 0.15) is 30.0 Å². The Morgan fingerprint density at radius 2 is 1.68 bits per heavy atom. The van der Waals surface area contributed by atoms with Gasteiger partial charge in [0.2, 0.25) is 0 Å². The van der Waals surface area contributed by atoms with Crippen molar-refractivity contribution in [3.63, 3.8) is 0 Å². The third-order valence-electron chi connectivity index (χ3n) is 5.29. The molecule has 2 N–H and O–H groups in total. The number of carboxylic acid groups (broad SMARTS) is 2. The van der Waals surface area contributed by atoms with Crippen molar-refractivity contribution in [2.24, 2.45) is 5.41 Å². The third-order valence-corrected chi connectivity index (χ3v) is 5.29. The highest BCUT2D eigenvalue weighted by Crippen LogP contribution is 2.50. The summed E-state index contributed by atoms with van der Waals surface area (Å²) in [5, 5.41) is 19.5. The Morgan fingerprint density at radius 1 is 1.04 bits per heavy atom. The molecule has 0 saturated heterocycles. The van der Waals surface area contributed by atoms with Crippen LogP contribution in [0.4, 0.5) is 0 Å². The molecule has 2 aromatic rings. The smallest absolute Gasteiger partial charge is 0.321 e. The zero-order chi connectivity index (χ0) is 18.2. The molecule has 0 aliphatic heterocycles. The summed E-state index contributed by atoms with van der Waals surface area (Å²) in [6.45, 7) is 1.90. The van der Waals surface area contributed by atoms with E-state index in [1.807, 2.05) is 43.3 Å². The van der Waals surface area contributed by atoms with Crippen LogP contribution in [0.3, 0.4) is 0 Å². The van der Waals surface area contributed by atoms with Crippen LogP contribution < -0.4 is 4.74 Å². The van der Waals surface area contributed by atoms with Crippen LogP contribution in [-0.2, 0) is 21.4 Å². The third kappa shape index (κ3) is 2.56. The van der Waals surface area contributed by atoms with E-state index in [4.69, 9.17) is 4.74 Å².